The van der Waals surface area contributed by atoms with E-state index < -0.39 is 16.2 Å². The summed E-state index contributed by atoms with van der Waals surface area (Å²) in [6.07, 6.45) is 0. The molecule has 0 aliphatic heterocycles. The molecule has 80 valence electrons. The quantitative estimate of drug-likeness (QED) is 0.574. The van der Waals surface area contributed by atoms with Crippen molar-refractivity contribution in [2.24, 2.45) is 0 Å². The number of thiol groups is 1. The maximum Gasteiger partial charge on any atom is 0.187 e. The zero-order valence-corrected chi connectivity index (χ0v) is 9.52. The fraction of sp³-hybridized carbons (Fsp3) is 0.571. The monoisotopic (exact) mass is 236 g/mol. The number of nitrogens with zero attached hydrogens (tertiary/aromatic N) is 1. The van der Waals surface area contributed by atoms with Gasteiger partial charge < -0.3 is 10.2 Å². The lowest BCUT2D eigenvalue weighted by Gasteiger charge is -2.15. The average molecular weight is 236 g/mol. The Labute approximate surface area is 87.4 Å². The largest absolute Gasteiger partial charge is 0.390 e. The molecule has 1 unspecified atom stereocenters. The van der Waals surface area contributed by atoms with Gasteiger partial charge in [0.05, 0.1) is 33.4 Å². The van der Waals surface area contributed by atoms with Crippen molar-refractivity contribution in [2.75, 3.05) is 0 Å². The van der Waals surface area contributed by atoms with Crippen LogP contribution in [0.1, 0.15) is 24.4 Å². The Morgan fingerprint density at radius 2 is 2.21 bits per heavy atom. The van der Waals surface area contributed by atoms with Crippen LogP contribution < -0.4 is 0 Å². The van der Waals surface area contributed by atoms with E-state index in [-0.39, 0.29) is 10.9 Å². The molecule has 0 spiro atoms. The van der Waals surface area contributed by atoms with Crippen LogP contribution in [0.2, 0.25) is 0 Å². The molecule has 0 amide bonds. The van der Waals surface area contributed by atoms with Crippen LogP contribution in [0, 0.1) is 4.78 Å². The molecule has 3 N–H and O–H groups in total. The van der Waals surface area contributed by atoms with Gasteiger partial charge in [-0.25, -0.2) is 14.0 Å². The molecule has 14 heavy (non-hydrogen) atoms. The van der Waals surface area contributed by atoms with Crippen molar-refractivity contribution in [1.29, 1.82) is 4.78 Å². The van der Waals surface area contributed by atoms with E-state index in [2.05, 4.69) is 4.98 Å². The Bertz CT molecular complexity index is 396. The van der Waals surface area contributed by atoms with Gasteiger partial charge in [0, 0.05) is 0 Å². The predicted molar refractivity (Wildman–Crippen MR) is 53.8 cm³/mol. The lowest BCUT2D eigenvalue weighted by molar-refractivity contribution is 0.0796. The summed E-state index contributed by atoms with van der Waals surface area (Å²) in [5.74, 6) is 0. The molecule has 0 aliphatic rings. The number of hydrogen-bond acceptors (Lipinski definition) is 6. The highest BCUT2D eigenvalue weighted by Gasteiger charge is 2.24. The molecule has 0 fully saturated rings. The third-order valence-corrected chi connectivity index (χ3v) is 4.00. The van der Waals surface area contributed by atoms with E-state index in [4.69, 9.17) is 9.89 Å². The second-order valence-corrected chi connectivity index (χ2v) is 5.60. The van der Waals surface area contributed by atoms with Gasteiger partial charge in [-0.15, -0.1) is 11.3 Å². The second-order valence-electron chi connectivity index (χ2n) is 3.28. The number of aliphatic hydroxyl groups is 2. The summed E-state index contributed by atoms with van der Waals surface area (Å²) in [5, 5.41) is 18.7. The van der Waals surface area contributed by atoms with Gasteiger partial charge in [0.1, 0.15) is 0 Å². The maximum absolute atomic E-state index is 10.9. The summed E-state index contributed by atoms with van der Waals surface area (Å²) >= 11 is 1.01. The number of thiazole rings is 1. The molecule has 0 radical (unpaired) electrons. The molecule has 7 heteroatoms. The molecule has 0 saturated heterocycles. The zero-order chi connectivity index (χ0) is 10.9. The number of nitrogens with one attached hydrogen (secondary N) is 1. The first kappa shape index (κ1) is 11.6. The van der Waals surface area contributed by atoms with Gasteiger partial charge in [-0.1, -0.05) is 0 Å². The summed E-state index contributed by atoms with van der Waals surface area (Å²) in [4.78, 5) is 4.30. The molecule has 5 nitrogen and oxygen atoms in total. The van der Waals surface area contributed by atoms with Crippen LogP contribution >= 0.6 is 11.3 Å². The standard InChI is InChI=1S/C7H12N2O3S2/c1-7(2,11)5-4(3-10)9-6(13-5)14(8)12/h8,10-11,14H,3H2,1-2H3. The Hall–Kier alpha value is -0.500. The van der Waals surface area contributed by atoms with Crippen molar-refractivity contribution in [3.63, 3.8) is 0 Å². The maximum atomic E-state index is 10.9. The average Bonchev–Trinajstić information content (AvgIpc) is 2.46. The fourth-order valence-corrected chi connectivity index (χ4v) is 2.64. The topological polar surface area (TPSA) is 94.3 Å². The van der Waals surface area contributed by atoms with E-state index in [9.17, 15) is 9.32 Å². The molecule has 0 bridgehead atoms. The summed E-state index contributed by atoms with van der Waals surface area (Å²) in [6, 6.07) is 0. The molecule has 1 atom stereocenters. The summed E-state index contributed by atoms with van der Waals surface area (Å²) in [5.41, 5.74) is -0.827. The normalized spacial score (nSPS) is 14.3. The zero-order valence-electron chi connectivity index (χ0n) is 7.81. The van der Waals surface area contributed by atoms with Gasteiger partial charge in [-0.2, -0.15) is 0 Å². The Balaban J connectivity index is 3.29. The molecule has 1 aromatic heterocycles. The van der Waals surface area contributed by atoms with E-state index in [0.29, 0.717) is 10.6 Å². The van der Waals surface area contributed by atoms with Crippen LogP contribution in [-0.2, 0) is 22.8 Å². The summed E-state index contributed by atoms with van der Waals surface area (Å²) in [7, 11) is -2.26. The number of aromatic nitrogens is 1. The molecule has 1 heterocycles. The summed E-state index contributed by atoms with van der Waals surface area (Å²) in [6.45, 7) is 2.79. The molecular formula is C7H12N2O3S2. The smallest absolute Gasteiger partial charge is 0.187 e. The van der Waals surface area contributed by atoms with Gasteiger partial charge in [0.2, 0.25) is 0 Å². The van der Waals surface area contributed by atoms with E-state index >= 15 is 0 Å². The molecular weight excluding hydrogens is 224 g/mol. The van der Waals surface area contributed by atoms with Gasteiger partial charge in [0.25, 0.3) is 0 Å². The third kappa shape index (κ3) is 2.30. The molecule has 1 aromatic rings. The lowest BCUT2D eigenvalue weighted by Crippen LogP contribution is -2.15. The van der Waals surface area contributed by atoms with Crippen LogP contribution in [0.25, 0.3) is 0 Å². The van der Waals surface area contributed by atoms with Crippen LogP contribution in [-0.4, -0.2) is 19.4 Å². The van der Waals surface area contributed by atoms with Crippen molar-refractivity contribution >= 4 is 21.9 Å². The Kier molecular flexibility index (Phi) is 3.25. The van der Waals surface area contributed by atoms with Crippen LogP contribution in [0.15, 0.2) is 4.34 Å². The Morgan fingerprint density at radius 1 is 1.64 bits per heavy atom. The lowest BCUT2D eigenvalue weighted by atomic mass is 10.1. The minimum Gasteiger partial charge on any atom is -0.390 e. The van der Waals surface area contributed by atoms with Gasteiger partial charge in [0.15, 0.2) is 4.34 Å². The van der Waals surface area contributed by atoms with E-state index in [1.165, 1.54) is 0 Å². The van der Waals surface area contributed by atoms with Crippen molar-refractivity contribution in [3.05, 3.63) is 10.6 Å². The molecule has 0 saturated carbocycles. The highest BCUT2D eigenvalue weighted by atomic mass is 32.2. The van der Waals surface area contributed by atoms with Crippen molar-refractivity contribution < 1.29 is 14.4 Å². The molecule has 0 aliphatic carbocycles. The SMILES string of the molecule is CC(C)(O)c1sc([SH](=N)=O)nc1CO. The van der Waals surface area contributed by atoms with E-state index in [0.717, 1.165) is 11.3 Å². The van der Waals surface area contributed by atoms with Crippen molar-refractivity contribution in [3.8, 4) is 0 Å². The number of hydrogen-bond donors (Lipinski definition) is 4. The van der Waals surface area contributed by atoms with E-state index in [1.807, 2.05) is 0 Å². The molecule has 1 rings (SSSR count). The van der Waals surface area contributed by atoms with E-state index in [1.54, 1.807) is 13.8 Å². The van der Waals surface area contributed by atoms with Crippen molar-refractivity contribution in [1.82, 2.24) is 4.98 Å². The first-order valence-electron chi connectivity index (χ1n) is 3.88. The van der Waals surface area contributed by atoms with Gasteiger partial charge in [-0.3, -0.25) is 0 Å². The molecule has 0 aromatic carbocycles. The number of rotatable bonds is 3. The highest BCUT2D eigenvalue weighted by molar-refractivity contribution is 7.76. The fourth-order valence-electron chi connectivity index (χ4n) is 1.01. The van der Waals surface area contributed by atoms with Crippen LogP contribution in [0.5, 0.6) is 0 Å². The van der Waals surface area contributed by atoms with Gasteiger partial charge >= 0.3 is 0 Å². The summed E-state index contributed by atoms with van der Waals surface area (Å²) < 4.78 is 18.0. The van der Waals surface area contributed by atoms with Gasteiger partial charge in [-0.05, 0) is 13.8 Å². The minimum atomic E-state index is -2.26. The first-order chi connectivity index (χ1) is 6.36. The van der Waals surface area contributed by atoms with Crippen LogP contribution in [0.3, 0.4) is 0 Å². The Morgan fingerprint density at radius 3 is 2.50 bits per heavy atom. The predicted octanol–water partition coefficient (Wildman–Crippen LogP) is 0.465. The third-order valence-electron chi connectivity index (χ3n) is 1.57. The number of aliphatic hydroxyl groups excluding tert-OH is 1. The van der Waals surface area contributed by atoms with Crippen molar-refractivity contribution in [2.45, 2.75) is 30.4 Å². The highest BCUT2D eigenvalue weighted by Crippen LogP contribution is 2.30. The minimum absolute atomic E-state index is 0.140. The van der Waals surface area contributed by atoms with Crippen LogP contribution in [0.4, 0.5) is 0 Å². The first-order valence-corrected chi connectivity index (χ1v) is 5.95. The second kappa shape index (κ2) is 3.93.